The van der Waals surface area contributed by atoms with Crippen LogP contribution in [0.2, 0.25) is 0 Å². The number of hydrogen-bond acceptors (Lipinski definition) is 7. The van der Waals surface area contributed by atoms with Crippen molar-refractivity contribution in [2.45, 2.75) is 26.7 Å². The molecular weight excluding hydrogens is 429 g/mol. The summed E-state index contributed by atoms with van der Waals surface area (Å²) in [6.45, 7) is 6.09. The average Bonchev–Trinajstić information content (AvgIpc) is 3.38. The minimum Gasteiger partial charge on any atom is -0.397 e. The Bertz CT molecular complexity index is 1280. The van der Waals surface area contributed by atoms with E-state index in [1.54, 1.807) is 18.3 Å². The maximum atomic E-state index is 13.4. The normalized spacial score (nSPS) is 11.0. The molecule has 0 unspecified atom stereocenters. The Balaban J connectivity index is 1.51. The van der Waals surface area contributed by atoms with Gasteiger partial charge in [-0.1, -0.05) is 13.8 Å². The van der Waals surface area contributed by atoms with Gasteiger partial charge in [-0.25, -0.2) is 19.3 Å². The van der Waals surface area contributed by atoms with E-state index in [9.17, 15) is 9.18 Å². The third kappa shape index (κ3) is 4.59. The first kappa shape index (κ1) is 21.4. The number of nitrogen functional groups attached to an aromatic ring is 1. The van der Waals surface area contributed by atoms with Crippen molar-refractivity contribution >= 4 is 39.6 Å². The Kier molecular flexibility index (Phi) is 5.87. The number of thiophene rings is 1. The number of nitrogens with one attached hydrogen (secondary N) is 3. The van der Waals surface area contributed by atoms with Crippen molar-refractivity contribution in [3.8, 4) is 11.4 Å². The molecule has 3 heterocycles. The summed E-state index contributed by atoms with van der Waals surface area (Å²) in [7, 11) is 0. The number of nitrogens with zero attached hydrogens (tertiary/aromatic N) is 3. The van der Waals surface area contributed by atoms with E-state index in [1.807, 2.05) is 13.0 Å². The average molecular weight is 452 g/mol. The highest BCUT2D eigenvalue weighted by molar-refractivity contribution is 7.18. The smallest absolute Gasteiger partial charge is 0.265 e. The summed E-state index contributed by atoms with van der Waals surface area (Å²) >= 11 is 1.22. The molecule has 0 saturated heterocycles. The molecule has 0 aliphatic rings. The Morgan fingerprint density at radius 3 is 2.78 bits per heavy atom. The first-order valence-electron chi connectivity index (χ1n) is 9.93. The Morgan fingerprint density at radius 2 is 2.00 bits per heavy atom. The second kappa shape index (κ2) is 8.75. The van der Waals surface area contributed by atoms with E-state index in [4.69, 9.17) is 5.73 Å². The zero-order valence-corrected chi connectivity index (χ0v) is 18.5. The fourth-order valence-electron chi connectivity index (χ4n) is 3.13. The first-order valence-corrected chi connectivity index (χ1v) is 10.7. The van der Waals surface area contributed by atoms with Crippen LogP contribution in [0.15, 0.2) is 42.6 Å². The van der Waals surface area contributed by atoms with Crippen molar-refractivity contribution in [3.05, 3.63) is 64.8 Å². The Hall–Kier alpha value is -3.79. The minimum absolute atomic E-state index is 0.226. The van der Waals surface area contributed by atoms with Crippen molar-refractivity contribution in [3.63, 3.8) is 0 Å². The number of benzene rings is 1. The van der Waals surface area contributed by atoms with Gasteiger partial charge in [0.25, 0.3) is 5.91 Å². The number of nitrogens with two attached hydrogens (primary N) is 1. The largest absolute Gasteiger partial charge is 0.397 e. The van der Waals surface area contributed by atoms with Crippen LogP contribution in [0.1, 0.15) is 41.0 Å². The van der Waals surface area contributed by atoms with Crippen LogP contribution in [0.5, 0.6) is 0 Å². The summed E-state index contributed by atoms with van der Waals surface area (Å²) in [6, 6.07) is 9.05. The maximum Gasteiger partial charge on any atom is 0.265 e. The van der Waals surface area contributed by atoms with E-state index < -0.39 is 5.82 Å². The SMILES string of the molecule is Cc1nc(-c2ccnc(Nc3ccc(C(=O)Nc4cc(F)ccc4N)s3)n2)c(C(C)C)[nH]1. The second-order valence-corrected chi connectivity index (χ2v) is 8.56. The number of imidazole rings is 1. The van der Waals surface area contributed by atoms with Crippen molar-refractivity contribution in [1.29, 1.82) is 0 Å². The third-order valence-corrected chi connectivity index (χ3v) is 5.65. The van der Waals surface area contributed by atoms with Crippen LogP contribution in [0.3, 0.4) is 0 Å². The molecule has 0 aliphatic heterocycles. The number of rotatable bonds is 6. The Morgan fingerprint density at radius 1 is 1.19 bits per heavy atom. The lowest BCUT2D eigenvalue weighted by atomic mass is 10.1. The molecule has 1 aromatic carbocycles. The highest BCUT2D eigenvalue weighted by Crippen LogP contribution is 2.29. The summed E-state index contributed by atoms with van der Waals surface area (Å²) in [5, 5.41) is 6.43. The molecule has 0 saturated carbocycles. The van der Waals surface area contributed by atoms with Crippen LogP contribution in [-0.4, -0.2) is 25.8 Å². The van der Waals surface area contributed by atoms with Crippen LogP contribution in [-0.2, 0) is 0 Å². The summed E-state index contributed by atoms with van der Waals surface area (Å²) in [4.78, 5) is 29.7. The summed E-state index contributed by atoms with van der Waals surface area (Å²) in [5.74, 6) is 0.616. The molecule has 3 aromatic heterocycles. The van der Waals surface area contributed by atoms with E-state index in [0.717, 1.165) is 17.2 Å². The molecule has 4 aromatic rings. The molecule has 5 N–H and O–H groups in total. The molecule has 32 heavy (non-hydrogen) atoms. The lowest BCUT2D eigenvalue weighted by molar-refractivity contribution is 0.103. The highest BCUT2D eigenvalue weighted by atomic mass is 32.1. The summed E-state index contributed by atoms with van der Waals surface area (Å²) in [5.41, 5.74) is 8.82. The van der Waals surface area contributed by atoms with Gasteiger partial charge in [-0.15, -0.1) is 11.3 Å². The monoisotopic (exact) mass is 451 g/mol. The molecule has 1 amide bonds. The zero-order chi connectivity index (χ0) is 22.8. The fraction of sp³-hybridized carbons (Fsp3) is 0.182. The quantitative estimate of drug-likeness (QED) is 0.303. The maximum absolute atomic E-state index is 13.4. The van der Waals surface area contributed by atoms with Crippen molar-refractivity contribution in [2.75, 3.05) is 16.4 Å². The number of carbonyl (C=O) groups is 1. The molecule has 0 aliphatic carbocycles. The predicted molar refractivity (Wildman–Crippen MR) is 125 cm³/mol. The fourth-order valence-corrected chi connectivity index (χ4v) is 3.93. The van der Waals surface area contributed by atoms with Crippen LogP contribution in [0.4, 0.5) is 26.7 Å². The van der Waals surface area contributed by atoms with Gasteiger partial charge in [0.1, 0.15) is 17.3 Å². The molecule has 164 valence electrons. The van der Waals surface area contributed by atoms with Gasteiger partial charge in [0.05, 0.1) is 26.9 Å². The van der Waals surface area contributed by atoms with Gasteiger partial charge < -0.3 is 21.4 Å². The lowest BCUT2D eigenvalue weighted by Crippen LogP contribution is -2.11. The first-order chi connectivity index (χ1) is 15.3. The van der Waals surface area contributed by atoms with Gasteiger partial charge in [0, 0.05) is 11.9 Å². The highest BCUT2D eigenvalue weighted by Gasteiger charge is 2.16. The number of carbonyl (C=O) groups excluding carboxylic acids is 1. The summed E-state index contributed by atoms with van der Waals surface area (Å²) in [6.07, 6.45) is 1.66. The molecule has 0 fully saturated rings. The van der Waals surface area contributed by atoms with Gasteiger partial charge in [-0.2, -0.15) is 0 Å². The van der Waals surface area contributed by atoms with Crippen LogP contribution in [0, 0.1) is 12.7 Å². The number of halogens is 1. The van der Waals surface area contributed by atoms with E-state index in [-0.39, 0.29) is 23.2 Å². The minimum atomic E-state index is -0.479. The topological polar surface area (TPSA) is 122 Å². The van der Waals surface area contributed by atoms with Crippen molar-refractivity contribution in [2.24, 2.45) is 0 Å². The molecule has 0 bridgehead atoms. The zero-order valence-electron chi connectivity index (χ0n) is 17.7. The molecule has 0 atom stereocenters. The number of amides is 1. The van der Waals surface area contributed by atoms with E-state index in [0.29, 0.717) is 21.5 Å². The van der Waals surface area contributed by atoms with Gasteiger partial charge in [0.15, 0.2) is 0 Å². The molecule has 0 spiro atoms. The van der Waals surface area contributed by atoms with Gasteiger partial charge >= 0.3 is 0 Å². The van der Waals surface area contributed by atoms with E-state index in [2.05, 4.69) is 44.4 Å². The third-order valence-electron chi connectivity index (χ3n) is 4.65. The predicted octanol–water partition coefficient (Wildman–Crippen LogP) is 5.08. The molecule has 4 rings (SSSR count). The van der Waals surface area contributed by atoms with E-state index in [1.165, 1.54) is 29.5 Å². The number of anilines is 4. The molecule has 10 heteroatoms. The number of aromatic amines is 1. The number of H-pyrrole nitrogens is 1. The Labute approximate surface area is 188 Å². The van der Waals surface area contributed by atoms with Crippen LogP contribution in [0.25, 0.3) is 11.4 Å². The van der Waals surface area contributed by atoms with Crippen molar-refractivity contribution < 1.29 is 9.18 Å². The van der Waals surface area contributed by atoms with Crippen LogP contribution >= 0.6 is 11.3 Å². The number of aromatic nitrogens is 4. The van der Waals surface area contributed by atoms with Gasteiger partial charge in [-0.3, -0.25) is 4.79 Å². The van der Waals surface area contributed by atoms with Gasteiger partial charge in [0.2, 0.25) is 5.95 Å². The van der Waals surface area contributed by atoms with Crippen molar-refractivity contribution in [1.82, 2.24) is 19.9 Å². The molecular formula is C22H22FN7OS. The number of aryl methyl sites for hydroxylation is 1. The summed E-state index contributed by atoms with van der Waals surface area (Å²) < 4.78 is 13.4. The standard InChI is InChI=1S/C22H22FN7OS/c1-11(2)19-20(27-12(3)26-19)15-8-9-25-22(29-15)30-18-7-6-17(32-18)21(31)28-16-10-13(23)4-5-14(16)24/h4-11H,24H2,1-3H3,(H,26,27)(H,28,31)(H,25,29,30). The molecule has 8 nitrogen and oxygen atoms in total. The number of hydrogen-bond donors (Lipinski definition) is 4. The van der Waals surface area contributed by atoms with Crippen LogP contribution < -0.4 is 16.4 Å². The van der Waals surface area contributed by atoms with E-state index >= 15 is 0 Å². The lowest BCUT2D eigenvalue weighted by Gasteiger charge is -2.07. The molecule has 0 radical (unpaired) electrons. The second-order valence-electron chi connectivity index (χ2n) is 7.48. The van der Waals surface area contributed by atoms with Gasteiger partial charge in [-0.05, 0) is 49.2 Å².